The van der Waals surface area contributed by atoms with Gasteiger partial charge in [-0.2, -0.15) is 0 Å². The Hall–Kier alpha value is -2.72. The molecule has 2 aromatic rings. The van der Waals surface area contributed by atoms with Crippen molar-refractivity contribution in [3.8, 4) is 11.5 Å². The maximum atomic E-state index is 12.8. The predicted octanol–water partition coefficient (Wildman–Crippen LogP) is 3.45. The van der Waals surface area contributed by atoms with Gasteiger partial charge in [-0.25, -0.2) is 8.42 Å². The largest absolute Gasteiger partial charge is 0.490 e. The van der Waals surface area contributed by atoms with Gasteiger partial charge in [0.15, 0.2) is 26.5 Å². The average molecular weight is 518 g/mol. The molecule has 2 heterocycles. The first-order valence-electron chi connectivity index (χ1n) is 11.8. The van der Waals surface area contributed by atoms with E-state index in [1.54, 1.807) is 6.07 Å². The molecule has 4 rings (SSSR count). The summed E-state index contributed by atoms with van der Waals surface area (Å²) in [6.45, 7) is 7.42. The van der Waals surface area contributed by atoms with Crippen LogP contribution >= 0.6 is 11.8 Å². The lowest BCUT2D eigenvalue weighted by molar-refractivity contribution is 0.0954. The molecular weight excluding hydrogens is 486 g/mol. The first kappa shape index (κ1) is 25.4. The molecule has 8 nitrogen and oxygen atoms in total. The van der Waals surface area contributed by atoms with Crippen LogP contribution in [0.4, 0.5) is 5.69 Å². The van der Waals surface area contributed by atoms with Gasteiger partial charge in [-0.3, -0.25) is 9.79 Å². The van der Waals surface area contributed by atoms with E-state index >= 15 is 0 Å². The zero-order valence-electron chi connectivity index (χ0n) is 20.2. The smallest absolute Gasteiger partial charge is 0.251 e. The number of amidine groups is 1. The van der Waals surface area contributed by atoms with Crippen molar-refractivity contribution in [3.05, 3.63) is 53.1 Å². The van der Waals surface area contributed by atoms with Gasteiger partial charge in [0.2, 0.25) is 0 Å². The topological polar surface area (TPSA) is 106 Å². The van der Waals surface area contributed by atoms with Gasteiger partial charge in [-0.15, -0.1) is 0 Å². The van der Waals surface area contributed by atoms with Gasteiger partial charge in [0.1, 0.15) is 0 Å². The zero-order valence-corrected chi connectivity index (χ0v) is 21.8. The van der Waals surface area contributed by atoms with Gasteiger partial charge >= 0.3 is 0 Å². The lowest BCUT2D eigenvalue weighted by Crippen LogP contribution is -2.26. The van der Waals surface area contributed by atoms with Gasteiger partial charge in [-0.05, 0) is 62.6 Å². The molecule has 2 aliphatic heterocycles. The summed E-state index contributed by atoms with van der Waals surface area (Å²) >= 11 is 1.46. The number of fused-ring (bicyclic) bond motifs is 1. The number of amides is 1. The molecule has 35 heavy (non-hydrogen) atoms. The standard InChI is InChI=1S/C25H31N3O5S2/c1-4-32-21-9-7-17(12-22(21)33-5-2)10-11-26-24(29)18-8-6-16(3)19(13-18)27-25-28-20-14-35(30,31)15-23(20)34-25/h6-9,12-13,20,23H,4-5,10-11,14-15H2,1-3H3,(H,26,29)(H,27,28)/t20-,23-/m0/s1. The number of anilines is 1. The summed E-state index contributed by atoms with van der Waals surface area (Å²) in [6.07, 6.45) is 0.661. The number of benzene rings is 2. The van der Waals surface area contributed by atoms with E-state index in [-0.39, 0.29) is 28.7 Å². The van der Waals surface area contributed by atoms with E-state index in [2.05, 4.69) is 15.6 Å². The van der Waals surface area contributed by atoms with E-state index in [1.165, 1.54) is 11.8 Å². The van der Waals surface area contributed by atoms with Crippen molar-refractivity contribution in [2.24, 2.45) is 4.99 Å². The molecule has 2 aliphatic rings. The lowest BCUT2D eigenvalue weighted by Gasteiger charge is -2.13. The molecule has 1 saturated heterocycles. The van der Waals surface area contributed by atoms with Crippen molar-refractivity contribution in [2.45, 2.75) is 38.5 Å². The second kappa shape index (κ2) is 10.9. The summed E-state index contributed by atoms with van der Waals surface area (Å²) in [7, 11) is -2.99. The van der Waals surface area contributed by atoms with Crippen molar-refractivity contribution in [3.63, 3.8) is 0 Å². The molecule has 0 unspecified atom stereocenters. The highest BCUT2D eigenvalue weighted by Gasteiger charge is 2.42. The Morgan fingerprint density at radius 1 is 1.09 bits per heavy atom. The SMILES string of the molecule is CCOc1ccc(CCNC(=O)c2ccc(C)c(NC3=N[C@H]4CS(=O)(=O)C[C@@H]4S3)c2)cc1OCC. The van der Waals surface area contributed by atoms with E-state index in [1.807, 2.05) is 51.1 Å². The number of carbonyl (C=O) groups excluding carboxylic acids is 1. The van der Waals surface area contributed by atoms with E-state index in [0.29, 0.717) is 42.7 Å². The van der Waals surface area contributed by atoms with Crippen molar-refractivity contribution >= 4 is 38.4 Å². The molecule has 0 saturated carbocycles. The maximum Gasteiger partial charge on any atom is 0.251 e. The molecule has 2 aromatic carbocycles. The number of nitrogens with zero attached hydrogens (tertiary/aromatic N) is 1. The lowest BCUT2D eigenvalue weighted by atomic mass is 10.1. The van der Waals surface area contributed by atoms with E-state index in [0.717, 1.165) is 22.6 Å². The number of carbonyl (C=O) groups is 1. The van der Waals surface area contributed by atoms with Crippen LogP contribution in [0.2, 0.25) is 0 Å². The normalized spacial score (nSPS) is 20.1. The molecule has 188 valence electrons. The minimum absolute atomic E-state index is 0.0277. The second-order valence-corrected chi connectivity index (χ2v) is 11.9. The fourth-order valence-electron chi connectivity index (χ4n) is 4.10. The first-order valence-corrected chi connectivity index (χ1v) is 14.5. The Morgan fingerprint density at radius 3 is 2.60 bits per heavy atom. The van der Waals surface area contributed by atoms with Crippen LogP contribution in [-0.2, 0) is 16.3 Å². The molecule has 0 bridgehead atoms. The van der Waals surface area contributed by atoms with E-state index < -0.39 is 9.84 Å². The van der Waals surface area contributed by atoms with Crippen LogP contribution in [0.3, 0.4) is 0 Å². The van der Waals surface area contributed by atoms with Gasteiger partial charge in [0, 0.05) is 23.0 Å². The Kier molecular flexibility index (Phi) is 7.91. The van der Waals surface area contributed by atoms with Crippen molar-refractivity contribution < 1.29 is 22.7 Å². The minimum Gasteiger partial charge on any atom is -0.490 e. The minimum atomic E-state index is -2.99. The highest BCUT2D eigenvalue weighted by atomic mass is 32.2. The molecule has 0 radical (unpaired) electrons. The summed E-state index contributed by atoms with van der Waals surface area (Å²) < 4.78 is 34.9. The highest BCUT2D eigenvalue weighted by molar-refractivity contribution is 8.15. The van der Waals surface area contributed by atoms with Crippen LogP contribution in [0.25, 0.3) is 0 Å². The average Bonchev–Trinajstić information content (AvgIpc) is 3.29. The molecular formula is C25H31N3O5S2. The molecule has 2 atom stereocenters. The predicted molar refractivity (Wildman–Crippen MR) is 141 cm³/mol. The summed E-state index contributed by atoms with van der Waals surface area (Å²) in [5, 5.41) is 6.95. The molecule has 10 heteroatoms. The van der Waals surface area contributed by atoms with E-state index in [9.17, 15) is 13.2 Å². The van der Waals surface area contributed by atoms with Gasteiger partial charge in [-0.1, -0.05) is 23.9 Å². The number of aliphatic imine (C=N–C) groups is 1. The zero-order chi connectivity index (χ0) is 25.0. The Labute approximate surface area is 210 Å². The Bertz CT molecular complexity index is 1230. The van der Waals surface area contributed by atoms with Crippen LogP contribution in [0, 0.1) is 6.92 Å². The number of thioether (sulfide) groups is 1. The summed E-state index contributed by atoms with van der Waals surface area (Å²) in [4.78, 5) is 17.3. The number of hydrogen-bond acceptors (Lipinski definition) is 8. The van der Waals surface area contributed by atoms with Crippen molar-refractivity contribution in [2.75, 3.05) is 36.6 Å². The number of rotatable bonds is 9. The fraction of sp³-hybridized carbons (Fsp3) is 0.440. The number of sulfone groups is 1. The second-order valence-electron chi connectivity index (χ2n) is 8.54. The first-order chi connectivity index (χ1) is 16.8. The van der Waals surface area contributed by atoms with Crippen LogP contribution < -0.4 is 20.1 Å². The van der Waals surface area contributed by atoms with Gasteiger partial charge in [0.05, 0.1) is 30.8 Å². The number of hydrogen-bond donors (Lipinski definition) is 2. The molecule has 1 fully saturated rings. The monoisotopic (exact) mass is 517 g/mol. The Morgan fingerprint density at radius 2 is 1.86 bits per heavy atom. The molecule has 0 aliphatic carbocycles. The van der Waals surface area contributed by atoms with Crippen LogP contribution in [0.1, 0.15) is 35.3 Å². The third kappa shape index (κ3) is 6.29. The quantitative estimate of drug-likeness (QED) is 0.525. The third-order valence-corrected chi connectivity index (χ3v) is 9.01. The number of ether oxygens (including phenoxy) is 2. The fourth-order valence-corrected chi connectivity index (χ4v) is 7.77. The molecule has 2 N–H and O–H groups in total. The van der Waals surface area contributed by atoms with Crippen LogP contribution in [0.15, 0.2) is 41.4 Å². The van der Waals surface area contributed by atoms with Crippen molar-refractivity contribution in [1.82, 2.24) is 5.32 Å². The maximum absolute atomic E-state index is 12.8. The third-order valence-electron chi connectivity index (χ3n) is 5.87. The molecule has 0 aromatic heterocycles. The van der Waals surface area contributed by atoms with Crippen LogP contribution in [0.5, 0.6) is 11.5 Å². The van der Waals surface area contributed by atoms with Gasteiger partial charge < -0.3 is 20.1 Å². The highest BCUT2D eigenvalue weighted by Crippen LogP contribution is 2.35. The van der Waals surface area contributed by atoms with Crippen molar-refractivity contribution in [1.29, 1.82) is 0 Å². The molecule has 0 spiro atoms. The Balaban J connectivity index is 1.35. The summed E-state index contributed by atoms with van der Waals surface area (Å²) in [5.41, 5.74) is 3.37. The number of aryl methyl sites for hydroxylation is 1. The molecule has 1 amide bonds. The summed E-state index contributed by atoms with van der Waals surface area (Å²) in [6, 6.07) is 11.1. The van der Waals surface area contributed by atoms with E-state index in [4.69, 9.17) is 9.47 Å². The van der Waals surface area contributed by atoms with Gasteiger partial charge in [0.25, 0.3) is 5.91 Å². The van der Waals surface area contributed by atoms with Crippen LogP contribution in [-0.4, -0.2) is 62.0 Å². The summed E-state index contributed by atoms with van der Waals surface area (Å²) in [5.74, 6) is 1.54. The number of nitrogens with one attached hydrogen (secondary N) is 2.